The molecule has 1 aliphatic rings. The van der Waals surface area contributed by atoms with Gasteiger partial charge in [-0.05, 0) is 30.7 Å². The monoisotopic (exact) mass is 261 g/mol. The van der Waals surface area contributed by atoms with Gasteiger partial charge in [-0.3, -0.25) is 9.48 Å². The predicted octanol–water partition coefficient (Wildman–Crippen LogP) is 1.93. The van der Waals surface area contributed by atoms with E-state index < -0.39 is 5.54 Å². The molecule has 0 spiro atoms. The molecule has 3 rings (SSSR count). The lowest BCUT2D eigenvalue weighted by Gasteiger charge is -2.35. The van der Waals surface area contributed by atoms with Gasteiger partial charge in [0.05, 0.1) is 5.69 Å². The zero-order valence-corrected chi connectivity index (χ0v) is 10.6. The summed E-state index contributed by atoms with van der Waals surface area (Å²) >= 11 is 6.03. The molecule has 18 heavy (non-hydrogen) atoms. The zero-order chi connectivity index (χ0) is 12.8. The molecule has 0 saturated heterocycles. The molecule has 0 bridgehead atoms. The Morgan fingerprint density at radius 2 is 2.28 bits per heavy atom. The summed E-state index contributed by atoms with van der Waals surface area (Å²) in [6.45, 7) is 2.22. The van der Waals surface area contributed by atoms with Gasteiger partial charge in [0.1, 0.15) is 12.1 Å². The van der Waals surface area contributed by atoms with Crippen molar-refractivity contribution in [2.45, 2.75) is 19.0 Å². The van der Waals surface area contributed by atoms with Crippen LogP contribution >= 0.6 is 11.6 Å². The summed E-state index contributed by atoms with van der Waals surface area (Å²) < 4.78 is 1.72. The highest BCUT2D eigenvalue weighted by Gasteiger charge is 2.37. The SMILES string of the molecule is CC1(c2cccc(Cl)c2)NC(=O)Cn2nccc21. The Labute approximate surface area is 110 Å². The summed E-state index contributed by atoms with van der Waals surface area (Å²) in [7, 11) is 0. The number of carbonyl (C=O) groups excluding carboxylic acids is 1. The van der Waals surface area contributed by atoms with Crippen LogP contribution in [0.15, 0.2) is 36.5 Å². The van der Waals surface area contributed by atoms with Crippen LogP contribution in [0.25, 0.3) is 0 Å². The normalized spacial score (nSPS) is 22.4. The first-order chi connectivity index (χ1) is 8.59. The second kappa shape index (κ2) is 3.85. The van der Waals surface area contributed by atoms with E-state index in [1.165, 1.54) is 0 Å². The number of rotatable bonds is 1. The zero-order valence-electron chi connectivity index (χ0n) is 9.85. The highest BCUT2D eigenvalue weighted by atomic mass is 35.5. The topological polar surface area (TPSA) is 46.9 Å². The molecule has 0 saturated carbocycles. The van der Waals surface area contributed by atoms with E-state index in [2.05, 4.69) is 10.4 Å². The molecule has 1 atom stereocenters. The maximum absolute atomic E-state index is 11.8. The largest absolute Gasteiger partial charge is 0.340 e. The number of nitrogens with zero attached hydrogens (tertiary/aromatic N) is 2. The highest BCUT2D eigenvalue weighted by molar-refractivity contribution is 6.30. The van der Waals surface area contributed by atoms with Crippen molar-refractivity contribution in [2.24, 2.45) is 0 Å². The molecule has 0 radical (unpaired) electrons. The molecule has 2 heterocycles. The third-order valence-corrected chi connectivity index (χ3v) is 3.55. The van der Waals surface area contributed by atoms with Gasteiger partial charge in [-0.15, -0.1) is 0 Å². The minimum absolute atomic E-state index is 0.0475. The third-order valence-electron chi connectivity index (χ3n) is 3.31. The minimum atomic E-state index is -0.587. The van der Waals surface area contributed by atoms with Gasteiger partial charge in [0.25, 0.3) is 0 Å². The number of aromatic nitrogens is 2. The standard InChI is InChI=1S/C13H12ClN3O/c1-13(9-3-2-4-10(14)7-9)11-5-6-15-17(11)8-12(18)16-13/h2-7H,8H2,1H3,(H,16,18). The smallest absolute Gasteiger partial charge is 0.242 e. The summed E-state index contributed by atoms with van der Waals surface area (Å²) in [5.41, 5.74) is 1.32. The Morgan fingerprint density at radius 1 is 1.44 bits per heavy atom. The number of halogens is 1. The van der Waals surface area contributed by atoms with Crippen molar-refractivity contribution in [1.29, 1.82) is 0 Å². The van der Waals surface area contributed by atoms with Crippen LogP contribution in [-0.2, 0) is 16.9 Å². The Bertz CT molecular complexity index is 622. The lowest BCUT2D eigenvalue weighted by Crippen LogP contribution is -2.51. The number of fused-ring (bicyclic) bond motifs is 1. The summed E-state index contributed by atoms with van der Waals surface area (Å²) in [5.74, 6) is -0.0475. The molecule has 5 heteroatoms. The number of nitrogens with one attached hydrogen (secondary N) is 1. The fourth-order valence-electron chi connectivity index (χ4n) is 2.42. The third kappa shape index (κ3) is 1.61. The molecule has 1 unspecified atom stereocenters. The van der Waals surface area contributed by atoms with Crippen molar-refractivity contribution in [3.8, 4) is 0 Å². The van der Waals surface area contributed by atoms with Gasteiger partial charge in [0.15, 0.2) is 0 Å². The second-order valence-corrected chi connectivity index (χ2v) is 4.99. The molecule has 0 fully saturated rings. The predicted molar refractivity (Wildman–Crippen MR) is 68.3 cm³/mol. The maximum Gasteiger partial charge on any atom is 0.242 e. The van der Waals surface area contributed by atoms with Gasteiger partial charge >= 0.3 is 0 Å². The van der Waals surface area contributed by atoms with Crippen LogP contribution in [0, 0.1) is 0 Å². The molecular formula is C13H12ClN3O. The summed E-state index contributed by atoms with van der Waals surface area (Å²) in [6.07, 6.45) is 1.71. The van der Waals surface area contributed by atoms with Gasteiger partial charge in [0.2, 0.25) is 5.91 Å². The van der Waals surface area contributed by atoms with E-state index in [1.807, 2.05) is 37.3 Å². The summed E-state index contributed by atoms with van der Waals surface area (Å²) in [6, 6.07) is 9.43. The summed E-state index contributed by atoms with van der Waals surface area (Å²) in [5, 5.41) is 7.85. The quantitative estimate of drug-likeness (QED) is 0.853. The van der Waals surface area contributed by atoms with Crippen molar-refractivity contribution in [2.75, 3.05) is 0 Å². The molecule has 1 N–H and O–H groups in total. The van der Waals surface area contributed by atoms with Crippen molar-refractivity contribution >= 4 is 17.5 Å². The molecule has 1 amide bonds. The fraction of sp³-hybridized carbons (Fsp3) is 0.231. The second-order valence-electron chi connectivity index (χ2n) is 4.56. The molecular weight excluding hydrogens is 250 g/mol. The van der Waals surface area contributed by atoms with E-state index >= 15 is 0 Å². The van der Waals surface area contributed by atoms with Crippen LogP contribution in [0.3, 0.4) is 0 Å². The molecule has 1 aromatic heterocycles. The lowest BCUT2D eigenvalue weighted by atomic mass is 9.87. The van der Waals surface area contributed by atoms with Gasteiger partial charge in [-0.25, -0.2) is 0 Å². The van der Waals surface area contributed by atoms with Crippen molar-refractivity contribution in [3.05, 3.63) is 52.8 Å². The van der Waals surface area contributed by atoms with Crippen molar-refractivity contribution in [1.82, 2.24) is 15.1 Å². The van der Waals surface area contributed by atoms with Crippen LogP contribution in [0.1, 0.15) is 18.2 Å². The van der Waals surface area contributed by atoms with E-state index in [4.69, 9.17) is 11.6 Å². The lowest BCUT2D eigenvalue weighted by molar-refractivity contribution is -0.124. The first-order valence-electron chi connectivity index (χ1n) is 5.69. The average Bonchev–Trinajstić information content (AvgIpc) is 2.77. The van der Waals surface area contributed by atoms with E-state index in [1.54, 1.807) is 10.9 Å². The Hall–Kier alpha value is -1.81. The van der Waals surface area contributed by atoms with E-state index in [-0.39, 0.29) is 12.5 Å². The highest BCUT2D eigenvalue weighted by Crippen LogP contribution is 2.32. The van der Waals surface area contributed by atoms with Crippen LogP contribution < -0.4 is 5.32 Å². The number of benzene rings is 1. The van der Waals surface area contributed by atoms with Crippen LogP contribution in [-0.4, -0.2) is 15.7 Å². The Kier molecular flexibility index (Phi) is 2.41. The number of carbonyl (C=O) groups is 1. The van der Waals surface area contributed by atoms with Crippen LogP contribution in [0.5, 0.6) is 0 Å². The maximum atomic E-state index is 11.8. The fourth-order valence-corrected chi connectivity index (χ4v) is 2.61. The van der Waals surface area contributed by atoms with Crippen LogP contribution in [0.2, 0.25) is 5.02 Å². The number of hydrogen-bond donors (Lipinski definition) is 1. The van der Waals surface area contributed by atoms with E-state index in [0.717, 1.165) is 11.3 Å². The van der Waals surface area contributed by atoms with Gasteiger partial charge in [-0.2, -0.15) is 5.10 Å². The summed E-state index contributed by atoms with van der Waals surface area (Å²) in [4.78, 5) is 11.8. The van der Waals surface area contributed by atoms with Gasteiger partial charge < -0.3 is 5.32 Å². The van der Waals surface area contributed by atoms with Crippen molar-refractivity contribution < 1.29 is 4.79 Å². The van der Waals surface area contributed by atoms with Crippen molar-refractivity contribution in [3.63, 3.8) is 0 Å². The van der Waals surface area contributed by atoms with Gasteiger partial charge in [-0.1, -0.05) is 23.7 Å². The van der Waals surface area contributed by atoms with Gasteiger partial charge in [0, 0.05) is 11.2 Å². The first-order valence-corrected chi connectivity index (χ1v) is 6.07. The molecule has 2 aromatic rings. The Balaban J connectivity index is 2.18. The first kappa shape index (κ1) is 11.3. The molecule has 0 aliphatic carbocycles. The van der Waals surface area contributed by atoms with Crippen LogP contribution in [0.4, 0.5) is 0 Å². The molecule has 92 valence electrons. The average molecular weight is 262 g/mol. The molecule has 1 aromatic carbocycles. The van der Waals surface area contributed by atoms with E-state index in [0.29, 0.717) is 5.02 Å². The minimum Gasteiger partial charge on any atom is -0.340 e. The Morgan fingerprint density at radius 3 is 3.06 bits per heavy atom. The number of hydrogen-bond acceptors (Lipinski definition) is 2. The molecule has 1 aliphatic heterocycles. The van der Waals surface area contributed by atoms with E-state index in [9.17, 15) is 4.79 Å². The number of amides is 1. The molecule has 4 nitrogen and oxygen atoms in total.